The molecule has 28 heavy (non-hydrogen) atoms. The molecule has 0 radical (unpaired) electrons. The Hall–Kier alpha value is -1.74. The van der Waals surface area contributed by atoms with Gasteiger partial charge in [0.15, 0.2) is 5.78 Å². The summed E-state index contributed by atoms with van der Waals surface area (Å²) in [6.07, 6.45) is 7.43. The SMILES string of the molecule is C=C(/C=C/C(=C)NC(=S)C(C)=S)CC.CCC(=O)/C=C/C(=O)NC(=S)C(C)=S. The molecule has 0 aliphatic heterocycles. The minimum atomic E-state index is -0.430. The van der Waals surface area contributed by atoms with Gasteiger partial charge in [0.1, 0.15) is 9.98 Å². The Morgan fingerprint density at radius 1 is 0.786 bits per heavy atom. The second kappa shape index (κ2) is 16.2. The van der Waals surface area contributed by atoms with E-state index in [4.69, 9.17) is 48.9 Å². The summed E-state index contributed by atoms with van der Waals surface area (Å²) in [5.41, 5.74) is 1.78. The van der Waals surface area contributed by atoms with Crippen molar-refractivity contribution in [1.29, 1.82) is 0 Å². The van der Waals surface area contributed by atoms with Crippen LogP contribution in [0.25, 0.3) is 0 Å². The second-order valence-electron chi connectivity index (χ2n) is 5.41. The van der Waals surface area contributed by atoms with Gasteiger partial charge < -0.3 is 10.6 Å². The fourth-order valence-electron chi connectivity index (χ4n) is 1.14. The zero-order valence-electron chi connectivity index (χ0n) is 16.6. The van der Waals surface area contributed by atoms with Crippen molar-refractivity contribution in [1.82, 2.24) is 10.6 Å². The first-order valence-electron chi connectivity index (χ1n) is 8.37. The van der Waals surface area contributed by atoms with E-state index in [9.17, 15) is 9.59 Å². The maximum Gasteiger partial charge on any atom is 0.249 e. The molecule has 2 N–H and O–H groups in total. The highest BCUT2D eigenvalue weighted by atomic mass is 32.1. The molecule has 0 atom stereocenters. The van der Waals surface area contributed by atoms with E-state index < -0.39 is 5.91 Å². The van der Waals surface area contributed by atoms with E-state index >= 15 is 0 Å². The molecule has 0 aromatic carbocycles. The number of carbonyl (C=O) groups is 2. The highest BCUT2D eigenvalue weighted by Gasteiger charge is 2.02. The van der Waals surface area contributed by atoms with Crippen LogP contribution in [0.4, 0.5) is 0 Å². The van der Waals surface area contributed by atoms with E-state index in [-0.39, 0.29) is 10.8 Å². The average Bonchev–Trinajstić information content (AvgIpc) is 2.64. The third-order valence-corrected chi connectivity index (χ3v) is 4.38. The summed E-state index contributed by atoms with van der Waals surface area (Å²) in [4.78, 5) is 23.8. The topological polar surface area (TPSA) is 58.2 Å². The van der Waals surface area contributed by atoms with Gasteiger partial charge in [0.05, 0.1) is 0 Å². The largest absolute Gasteiger partial charge is 0.346 e. The molecule has 0 aliphatic carbocycles. The first kappa shape index (κ1) is 28.5. The molecule has 0 aromatic heterocycles. The molecule has 0 aliphatic rings. The van der Waals surface area contributed by atoms with E-state index in [1.165, 1.54) is 6.08 Å². The zero-order chi connectivity index (χ0) is 22.3. The van der Waals surface area contributed by atoms with Crippen LogP contribution in [-0.4, -0.2) is 31.4 Å². The van der Waals surface area contributed by atoms with Crippen molar-refractivity contribution in [3.05, 3.63) is 48.7 Å². The fourth-order valence-corrected chi connectivity index (χ4v) is 1.47. The summed E-state index contributed by atoms with van der Waals surface area (Å²) < 4.78 is 0. The molecule has 0 rings (SSSR count). The van der Waals surface area contributed by atoms with Gasteiger partial charge in [-0.3, -0.25) is 9.59 Å². The maximum atomic E-state index is 11.1. The van der Waals surface area contributed by atoms with Crippen LogP contribution in [-0.2, 0) is 9.59 Å². The predicted molar refractivity (Wildman–Crippen MR) is 135 cm³/mol. The summed E-state index contributed by atoms with van der Waals surface area (Å²) >= 11 is 19.4. The highest BCUT2D eigenvalue weighted by molar-refractivity contribution is 7.89. The third-order valence-electron chi connectivity index (χ3n) is 2.89. The molecule has 1 amide bonds. The van der Waals surface area contributed by atoms with Gasteiger partial charge in [-0.2, -0.15) is 0 Å². The molecule has 0 bridgehead atoms. The van der Waals surface area contributed by atoms with Crippen molar-refractivity contribution >= 4 is 80.3 Å². The van der Waals surface area contributed by atoms with Crippen LogP contribution in [0.2, 0.25) is 0 Å². The van der Waals surface area contributed by atoms with Crippen molar-refractivity contribution in [2.45, 2.75) is 40.5 Å². The number of amides is 1. The number of carbonyl (C=O) groups excluding carboxylic acids is 2. The Balaban J connectivity index is 0. The number of ketones is 1. The molecule has 8 heteroatoms. The highest BCUT2D eigenvalue weighted by Crippen LogP contribution is 2.00. The lowest BCUT2D eigenvalue weighted by Gasteiger charge is -2.05. The lowest BCUT2D eigenvalue weighted by Crippen LogP contribution is -2.31. The third kappa shape index (κ3) is 16.4. The van der Waals surface area contributed by atoms with Crippen LogP contribution in [0.15, 0.2) is 48.7 Å². The summed E-state index contributed by atoms with van der Waals surface area (Å²) in [5.74, 6) is -0.536. The fraction of sp³-hybridized carbons (Fsp3) is 0.300. The molecular formula is C20H26N2O2S4. The number of hydrogen-bond donors (Lipinski definition) is 2. The van der Waals surface area contributed by atoms with E-state index in [2.05, 4.69) is 30.7 Å². The molecule has 4 nitrogen and oxygen atoms in total. The molecular weight excluding hydrogens is 429 g/mol. The minimum absolute atomic E-state index is 0.106. The summed E-state index contributed by atoms with van der Waals surface area (Å²) in [5, 5.41) is 5.30. The minimum Gasteiger partial charge on any atom is -0.346 e. The predicted octanol–water partition coefficient (Wildman–Crippen LogP) is 4.68. The normalized spacial score (nSPS) is 9.86. The molecule has 0 heterocycles. The number of nitrogens with one attached hydrogen (secondary N) is 2. The van der Waals surface area contributed by atoms with Crippen molar-refractivity contribution in [2.75, 3.05) is 0 Å². The van der Waals surface area contributed by atoms with Gasteiger partial charge in [0, 0.05) is 27.9 Å². The first-order chi connectivity index (χ1) is 12.9. The van der Waals surface area contributed by atoms with Crippen molar-refractivity contribution in [2.24, 2.45) is 0 Å². The quantitative estimate of drug-likeness (QED) is 0.298. The lowest BCUT2D eigenvalue weighted by atomic mass is 10.2. The van der Waals surface area contributed by atoms with Crippen LogP contribution < -0.4 is 10.6 Å². The smallest absolute Gasteiger partial charge is 0.249 e. The van der Waals surface area contributed by atoms with Gasteiger partial charge in [0.25, 0.3) is 0 Å². The van der Waals surface area contributed by atoms with E-state index in [1.807, 2.05) is 12.2 Å². The molecule has 152 valence electrons. The van der Waals surface area contributed by atoms with E-state index in [1.54, 1.807) is 20.8 Å². The summed E-state index contributed by atoms with van der Waals surface area (Å²) in [7, 11) is 0. The van der Waals surface area contributed by atoms with Gasteiger partial charge in [-0.05, 0) is 32.4 Å². The van der Waals surface area contributed by atoms with Gasteiger partial charge in [-0.15, -0.1) is 0 Å². The molecule has 0 saturated heterocycles. The number of allylic oxidation sites excluding steroid dienone is 4. The van der Waals surface area contributed by atoms with Crippen molar-refractivity contribution < 1.29 is 9.59 Å². The number of rotatable bonds is 9. The lowest BCUT2D eigenvalue weighted by molar-refractivity contribution is -0.116. The average molecular weight is 455 g/mol. The summed E-state index contributed by atoms with van der Waals surface area (Å²) in [6, 6.07) is 0. The van der Waals surface area contributed by atoms with Crippen LogP contribution in [0.5, 0.6) is 0 Å². The van der Waals surface area contributed by atoms with Gasteiger partial charge in [-0.25, -0.2) is 0 Å². The van der Waals surface area contributed by atoms with Gasteiger partial charge in [0.2, 0.25) is 5.91 Å². The standard InChI is InChI=1S/C11H15NS2.C9H11NO2S2/c1-5-8(2)6-7-9(3)12-11(14)10(4)13;1-3-7(11)4-5-8(12)10-9(14)6(2)13/h6-7H,2-3,5H2,1,4H3,(H,12,14);4-5H,3H2,1-2H3,(H,10,12,14)/b7-6+;5-4+. The molecule has 0 spiro atoms. The Bertz CT molecular complexity index is 672. The Labute approximate surface area is 189 Å². The van der Waals surface area contributed by atoms with Crippen molar-refractivity contribution in [3.8, 4) is 0 Å². The first-order valence-corrected chi connectivity index (χ1v) is 10.0. The Morgan fingerprint density at radius 2 is 1.29 bits per heavy atom. The molecule has 0 saturated carbocycles. The van der Waals surface area contributed by atoms with Gasteiger partial charge >= 0.3 is 0 Å². The van der Waals surface area contributed by atoms with E-state index in [0.717, 1.165) is 23.8 Å². The molecule has 0 aromatic rings. The molecule has 0 fully saturated rings. The van der Waals surface area contributed by atoms with Crippen LogP contribution in [0.3, 0.4) is 0 Å². The van der Waals surface area contributed by atoms with Crippen LogP contribution in [0.1, 0.15) is 40.5 Å². The Morgan fingerprint density at radius 3 is 1.71 bits per heavy atom. The number of thiocarbonyl (C=S) groups is 4. The van der Waals surface area contributed by atoms with E-state index in [0.29, 0.717) is 21.1 Å². The van der Waals surface area contributed by atoms with Crippen LogP contribution >= 0.6 is 48.9 Å². The van der Waals surface area contributed by atoms with Gasteiger partial charge in [-0.1, -0.05) is 87.5 Å². The van der Waals surface area contributed by atoms with Crippen LogP contribution in [0, 0.1) is 0 Å². The second-order valence-corrected chi connectivity index (χ2v) is 7.45. The maximum absolute atomic E-state index is 11.1. The molecule has 0 unspecified atom stereocenters. The monoisotopic (exact) mass is 454 g/mol. The Kier molecular flexibility index (Phi) is 16.5. The zero-order valence-corrected chi connectivity index (χ0v) is 19.9. The van der Waals surface area contributed by atoms with Crippen molar-refractivity contribution in [3.63, 3.8) is 0 Å². The number of hydrogen-bond acceptors (Lipinski definition) is 6. The summed E-state index contributed by atoms with van der Waals surface area (Å²) in [6.45, 7) is 14.8.